The van der Waals surface area contributed by atoms with Crippen LogP contribution in [0, 0.1) is 0 Å². The number of pyridine rings is 1. The molecular weight excluding hydrogens is 372 g/mol. The summed E-state index contributed by atoms with van der Waals surface area (Å²) in [5, 5.41) is 3.32. The van der Waals surface area contributed by atoms with Gasteiger partial charge in [0.05, 0.1) is 18.5 Å². The van der Waals surface area contributed by atoms with Crippen LogP contribution in [0.5, 0.6) is 5.88 Å². The Hall–Kier alpha value is -1.07. The minimum atomic E-state index is 0.632. The highest BCUT2D eigenvalue weighted by atomic mass is 79.9. The van der Waals surface area contributed by atoms with E-state index in [4.69, 9.17) is 4.74 Å². The molecule has 0 atom stereocenters. The molecule has 5 heteroatoms. The molecule has 0 aliphatic heterocycles. The lowest BCUT2D eigenvalue weighted by Crippen LogP contribution is -2.00. The van der Waals surface area contributed by atoms with Gasteiger partial charge in [0, 0.05) is 21.6 Å². The quantitative estimate of drug-likeness (QED) is 0.815. The fraction of sp³-hybridized carbons (Fsp3) is 0.214. The smallest absolute Gasteiger partial charge is 0.213 e. The molecule has 2 rings (SSSR count). The summed E-state index contributed by atoms with van der Waals surface area (Å²) < 4.78 is 7.41. The van der Waals surface area contributed by atoms with Crippen LogP contribution in [0.15, 0.2) is 45.5 Å². The van der Waals surface area contributed by atoms with Crippen molar-refractivity contribution in [3.8, 4) is 5.88 Å². The molecule has 0 bridgehead atoms. The molecule has 0 aliphatic rings. The van der Waals surface area contributed by atoms with Crippen LogP contribution >= 0.6 is 31.9 Å². The van der Waals surface area contributed by atoms with Gasteiger partial charge in [-0.3, -0.25) is 0 Å². The van der Waals surface area contributed by atoms with E-state index in [0.29, 0.717) is 12.5 Å². The number of nitrogens with one attached hydrogen (secondary N) is 1. The van der Waals surface area contributed by atoms with Crippen molar-refractivity contribution >= 4 is 37.5 Å². The Morgan fingerprint density at radius 1 is 1.16 bits per heavy atom. The van der Waals surface area contributed by atoms with E-state index in [0.717, 1.165) is 21.2 Å². The van der Waals surface area contributed by atoms with Gasteiger partial charge in [0.1, 0.15) is 0 Å². The topological polar surface area (TPSA) is 34.1 Å². The van der Waals surface area contributed by atoms with Crippen molar-refractivity contribution in [2.75, 3.05) is 11.9 Å². The van der Waals surface area contributed by atoms with Crippen LogP contribution in [0.1, 0.15) is 12.5 Å². The number of benzene rings is 1. The molecule has 100 valence electrons. The monoisotopic (exact) mass is 384 g/mol. The Balaban J connectivity index is 1.96. The third kappa shape index (κ3) is 4.21. The van der Waals surface area contributed by atoms with Crippen LogP contribution in [0.3, 0.4) is 0 Å². The van der Waals surface area contributed by atoms with Crippen molar-refractivity contribution in [3.05, 3.63) is 51.0 Å². The standard InChI is InChI=1S/C14H14Br2N2O/c1-2-19-14-6-4-11(9-18-14)17-8-10-3-5-12(15)13(16)7-10/h3-7,9,17H,2,8H2,1H3. The minimum absolute atomic E-state index is 0.632. The van der Waals surface area contributed by atoms with Gasteiger partial charge in [0.25, 0.3) is 0 Å². The first-order chi connectivity index (χ1) is 9.19. The van der Waals surface area contributed by atoms with E-state index in [1.54, 1.807) is 6.20 Å². The molecule has 0 saturated heterocycles. The van der Waals surface area contributed by atoms with Crippen molar-refractivity contribution in [1.29, 1.82) is 0 Å². The average Bonchev–Trinajstić information content (AvgIpc) is 2.42. The molecule has 1 aromatic heterocycles. The maximum atomic E-state index is 5.30. The van der Waals surface area contributed by atoms with E-state index in [-0.39, 0.29) is 0 Å². The van der Waals surface area contributed by atoms with Crippen molar-refractivity contribution in [1.82, 2.24) is 4.98 Å². The highest BCUT2D eigenvalue weighted by Crippen LogP contribution is 2.24. The molecule has 0 radical (unpaired) electrons. The first-order valence-corrected chi connectivity index (χ1v) is 7.54. The van der Waals surface area contributed by atoms with E-state index in [1.165, 1.54) is 5.56 Å². The lowest BCUT2D eigenvalue weighted by molar-refractivity contribution is 0.327. The summed E-state index contributed by atoms with van der Waals surface area (Å²) in [6.45, 7) is 3.33. The molecule has 2 aromatic rings. The van der Waals surface area contributed by atoms with Crippen molar-refractivity contribution in [2.24, 2.45) is 0 Å². The van der Waals surface area contributed by atoms with E-state index < -0.39 is 0 Å². The minimum Gasteiger partial charge on any atom is -0.478 e. The van der Waals surface area contributed by atoms with Gasteiger partial charge in [-0.1, -0.05) is 6.07 Å². The molecule has 19 heavy (non-hydrogen) atoms. The van der Waals surface area contributed by atoms with Gasteiger partial charge >= 0.3 is 0 Å². The maximum absolute atomic E-state index is 5.30. The third-order valence-corrected chi connectivity index (χ3v) is 4.39. The molecule has 1 aromatic carbocycles. The summed E-state index contributed by atoms with van der Waals surface area (Å²) in [4.78, 5) is 4.21. The lowest BCUT2D eigenvalue weighted by atomic mass is 10.2. The summed E-state index contributed by atoms with van der Waals surface area (Å²) in [5.74, 6) is 0.652. The second-order valence-electron chi connectivity index (χ2n) is 3.92. The van der Waals surface area contributed by atoms with Crippen LogP contribution in [0.25, 0.3) is 0 Å². The Kier molecular flexibility index (Phi) is 5.22. The second-order valence-corrected chi connectivity index (χ2v) is 5.63. The van der Waals surface area contributed by atoms with Crippen molar-refractivity contribution < 1.29 is 4.74 Å². The van der Waals surface area contributed by atoms with Gasteiger partial charge in [-0.2, -0.15) is 0 Å². The SMILES string of the molecule is CCOc1ccc(NCc2ccc(Br)c(Br)c2)cn1. The van der Waals surface area contributed by atoms with Crippen LogP contribution in [0.2, 0.25) is 0 Å². The molecular formula is C14H14Br2N2O. The van der Waals surface area contributed by atoms with E-state index >= 15 is 0 Å². The first-order valence-electron chi connectivity index (χ1n) is 5.95. The van der Waals surface area contributed by atoms with Crippen LogP contribution in [0.4, 0.5) is 5.69 Å². The second kappa shape index (κ2) is 6.91. The van der Waals surface area contributed by atoms with Gasteiger partial charge in [0.15, 0.2) is 0 Å². The Morgan fingerprint density at radius 3 is 2.63 bits per heavy atom. The summed E-state index contributed by atoms with van der Waals surface area (Å²) >= 11 is 6.95. The molecule has 0 fully saturated rings. The zero-order valence-electron chi connectivity index (χ0n) is 10.5. The third-order valence-electron chi connectivity index (χ3n) is 2.51. The molecule has 0 spiro atoms. The Morgan fingerprint density at radius 2 is 2.00 bits per heavy atom. The van der Waals surface area contributed by atoms with E-state index in [2.05, 4.69) is 54.3 Å². The normalized spacial score (nSPS) is 10.3. The average molecular weight is 386 g/mol. The number of halogens is 2. The van der Waals surface area contributed by atoms with Gasteiger partial charge in [-0.15, -0.1) is 0 Å². The van der Waals surface area contributed by atoms with Crippen LogP contribution < -0.4 is 10.1 Å². The summed E-state index contributed by atoms with van der Waals surface area (Å²) in [6, 6.07) is 10.0. The van der Waals surface area contributed by atoms with Gasteiger partial charge < -0.3 is 10.1 Å². The van der Waals surface area contributed by atoms with Gasteiger partial charge in [-0.05, 0) is 62.5 Å². The van der Waals surface area contributed by atoms with Crippen molar-refractivity contribution in [3.63, 3.8) is 0 Å². The summed E-state index contributed by atoms with van der Waals surface area (Å²) in [7, 11) is 0. The molecule has 1 N–H and O–H groups in total. The number of rotatable bonds is 5. The fourth-order valence-electron chi connectivity index (χ4n) is 1.57. The maximum Gasteiger partial charge on any atom is 0.213 e. The van der Waals surface area contributed by atoms with Crippen molar-refractivity contribution in [2.45, 2.75) is 13.5 Å². The predicted molar refractivity (Wildman–Crippen MR) is 84.6 cm³/mol. The number of hydrogen-bond donors (Lipinski definition) is 1. The largest absolute Gasteiger partial charge is 0.478 e. The summed E-state index contributed by atoms with van der Waals surface area (Å²) in [6.07, 6.45) is 1.78. The highest BCUT2D eigenvalue weighted by Gasteiger charge is 2.00. The molecule has 0 amide bonds. The molecule has 0 saturated carbocycles. The highest BCUT2D eigenvalue weighted by molar-refractivity contribution is 9.13. The van der Waals surface area contributed by atoms with Crippen LogP contribution in [-0.4, -0.2) is 11.6 Å². The summed E-state index contributed by atoms with van der Waals surface area (Å²) in [5.41, 5.74) is 2.17. The van der Waals surface area contributed by atoms with Gasteiger partial charge in [0.2, 0.25) is 5.88 Å². The van der Waals surface area contributed by atoms with E-state index in [1.807, 2.05) is 25.1 Å². The zero-order chi connectivity index (χ0) is 13.7. The predicted octanol–water partition coefficient (Wildman–Crippen LogP) is 4.62. The number of nitrogens with zero attached hydrogens (tertiary/aromatic N) is 1. The fourth-order valence-corrected chi connectivity index (χ4v) is 2.24. The lowest BCUT2D eigenvalue weighted by Gasteiger charge is -2.08. The molecule has 0 unspecified atom stereocenters. The number of ether oxygens (including phenoxy) is 1. The number of anilines is 1. The number of aromatic nitrogens is 1. The zero-order valence-corrected chi connectivity index (χ0v) is 13.7. The molecule has 3 nitrogen and oxygen atoms in total. The first kappa shape index (κ1) is 14.3. The molecule has 1 heterocycles. The van der Waals surface area contributed by atoms with Gasteiger partial charge in [-0.25, -0.2) is 4.98 Å². The Bertz CT molecular complexity index is 544. The Labute approximate surface area is 129 Å². The number of hydrogen-bond acceptors (Lipinski definition) is 3. The van der Waals surface area contributed by atoms with Crippen LogP contribution in [-0.2, 0) is 6.54 Å². The molecule has 0 aliphatic carbocycles. The van der Waals surface area contributed by atoms with E-state index in [9.17, 15) is 0 Å².